The lowest BCUT2D eigenvalue weighted by molar-refractivity contribution is 0.466. The van der Waals surface area contributed by atoms with E-state index in [1.54, 1.807) is 18.3 Å². The van der Waals surface area contributed by atoms with Crippen molar-refractivity contribution in [3.8, 4) is 11.3 Å². The summed E-state index contributed by atoms with van der Waals surface area (Å²) >= 11 is 1.48. The smallest absolute Gasteiger partial charge is 0.256 e. The highest BCUT2D eigenvalue weighted by Gasteiger charge is 2.09. The first-order chi connectivity index (χ1) is 11.3. The molecular formula is C17H12FN3OS. The van der Waals surface area contributed by atoms with E-state index in [0.717, 1.165) is 16.9 Å². The summed E-state index contributed by atoms with van der Waals surface area (Å²) < 4.78 is 20.6. The number of nitrogens with zero attached hydrogens (tertiary/aromatic N) is 3. The maximum absolute atomic E-state index is 12.9. The number of thioether (sulfide) groups is 1. The molecule has 0 amide bonds. The van der Waals surface area contributed by atoms with Crippen molar-refractivity contribution in [2.45, 2.75) is 11.0 Å². The molecular weight excluding hydrogens is 313 g/mol. The van der Waals surface area contributed by atoms with Gasteiger partial charge >= 0.3 is 0 Å². The molecule has 0 fully saturated rings. The second-order valence-corrected chi connectivity index (χ2v) is 5.91. The molecule has 0 spiro atoms. The Morgan fingerprint density at radius 2 is 2.00 bits per heavy atom. The number of hydrogen-bond donors (Lipinski definition) is 0. The normalized spacial score (nSPS) is 11.2. The fourth-order valence-corrected chi connectivity index (χ4v) is 2.95. The Morgan fingerprint density at radius 3 is 2.83 bits per heavy atom. The molecule has 6 heteroatoms. The lowest BCUT2D eigenvalue weighted by Crippen LogP contribution is -1.79. The largest absolute Gasteiger partial charge is 0.431 e. The van der Waals surface area contributed by atoms with Crippen molar-refractivity contribution in [1.29, 1.82) is 0 Å². The van der Waals surface area contributed by atoms with E-state index in [-0.39, 0.29) is 5.82 Å². The number of imidazole rings is 1. The zero-order chi connectivity index (χ0) is 15.6. The number of oxazole rings is 1. The van der Waals surface area contributed by atoms with Crippen molar-refractivity contribution in [2.24, 2.45) is 0 Å². The van der Waals surface area contributed by atoms with Crippen molar-refractivity contribution >= 4 is 17.4 Å². The Bertz CT molecular complexity index is 913. The van der Waals surface area contributed by atoms with Gasteiger partial charge in [0.15, 0.2) is 5.76 Å². The van der Waals surface area contributed by atoms with Crippen molar-refractivity contribution in [3.05, 3.63) is 72.6 Å². The van der Waals surface area contributed by atoms with Gasteiger partial charge in [-0.25, -0.2) is 14.4 Å². The van der Waals surface area contributed by atoms with Crippen LogP contribution in [0.5, 0.6) is 0 Å². The van der Waals surface area contributed by atoms with Gasteiger partial charge in [-0.05, 0) is 36.4 Å². The third-order valence-electron chi connectivity index (χ3n) is 3.37. The molecule has 4 aromatic rings. The number of aromatic nitrogens is 3. The average Bonchev–Trinajstić information content (AvgIpc) is 3.20. The topological polar surface area (TPSA) is 43.3 Å². The number of pyridine rings is 1. The Morgan fingerprint density at radius 1 is 1.13 bits per heavy atom. The van der Waals surface area contributed by atoms with Gasteiger partial charge in [0.2, 0.25) is 0 Å². The van der Waals surface area contributed by atoms with Gasteiger partial charge in [-0.2, -0.15) is 0 Å². The molecule has 0 radical (unpaired) electrons. The van der Waals surface area contributed by atoms with Gasteiger partial charge in [0, 0.05) is 23.7 Å². The van der Waals surface area contributed by atoms with Gasteiger partial charge in [-0.1, -0.05) is 17.8 Å². The molecule has 4 rings (SSSR count). The van der Waals surface area contributed by atoms with E-state index in [4.69, 9.17) is 4.42 Å². The van der Waals surface area contributed by atoms with Crippen LogP contribution in [0.1, 0.15) is 5.69 Å². The predicted octanol–water partition coefficient (Wildman–Crippen LogP) is 4.42. The van der Waals surface area contributed by atoms with Crippen molar-refractivity contribution < 1.29 is 8.81 Å². The number of hydrogen-bond acceptors (Lipinski definition) is 4. The number of rotatable bonds is 4. The minimum atomic E-state index is -0.269. The summed E-state index contributed by atoms with van der Waals surface area (Å²) in [6.45, 7) is 0. The minimum absolute atomic E-state index is 0.269. The molecule has 0 aliphatic heterocycles. The lowest BCUT2D eigenvalue weighted by atomic mass is 10.2. The summed E-state index contributed by atoms with van der Waals surface area (Å²) in [5.74, 6) is 1.03. The van der Waals surface area contributed by atoms with Crippen LogP contribution < -0.4 is 0 Å². The summed E-state index contributed by atoms with van der Waals surface area (Å²) in [6, 6.07) is 12.0. The van der Waals surface area contributed by atoms with Crippen molar-refractivity contribution in [3.63, 3.8) is 0 Å². The second-order valence-electron chi connectivity index (χ2n) is 4.98. The maximum Gasteiger partial charge on any atom is 0.256 e. The van der Waals surface area contributed by atoms with Gasteiger partial charge in [-0.3, -0.25) is 0 Å². The predicted molar refractivity (Wildman–Crippen MR) is 86.7 cm³/mol. The van der Waals surface area contributed by atoms with Crippen LogP contribution in [0, 0.1) is 5.82 Å². The molecule has 3 aromatic heterocycles. The van der Waals surface area contributed by atoms with Crippen LogP contribution in [0.2, 0.25) is 0 Å². The number of fused-ring (bicyclic) bond motifs is 1. The molecule has 0 saturated heterocycles. The standard InChI is InChI=1S/C17H12FN3OS/c18-13-6-4-12(5-7-13)15-9-19-17(22-15)23-11-14-10-21-8-2-1-3-16(21)20-14/h1-10H,11H2. The van der Waals surface area contributed by atoms with E-state index >= 15 is 0 Å². The summed E-state index contributed by atoms with van der Waals surface area (Å²) in [4.78, 5) is 8.79. The number of benzene rings is 1. The Labute approximate surface area is 136 Å². The van der Waals surface area contributed by atoms with Crippen LogP contribution in [0.25, 0.3) is 17.0 Å². The van der Waals surface area contributed by atoms with E-state index in [2.05, 4.69) is 9.97 Å². The second kappa shape index (κ2) is 5.89. The first-order valence-corrected chi connectivity index (χ1v) is 8.04. The minimum Gasteiger partial charge on any atom is -0.431 e. The number of halogens is 1. The molecule has 114 valence electrons. The highest BCUT2D eigenvalue weighted by atomic mass is 32.2. The molecule has 0 aliphatic rings. The Hall–Kier alpha value is -2.60. The van der Waals surface area contributed by atoms with Gasteiger partial charge in [-0.15, -0.1) is 0 Å². The SMILES string of the molecule is Fc1ccc(-c2cnc(SCc3cn4ccccc4n3)o2)cc1. The van der Waals surface area contributed by atoms with Crippen molar-refractivity contribution in [2.75, 3.05) is 0 Å². The van der Waals surface area contributed by atoms with Gasteiger partial charge in [0.05, 0.1) is 11.9 Å². The summed E-state index contributed by atoms with van der Waals surface area (Å²) in [6.07, 6.45) is 5.61. The first-order valence-electron chi connectivity index (χ1n) is 7.05. The quantitative estimate of drug-likeness (QED) is 0.521. The molecule has 0 bridgehead atoms. The molecule has 3 heterocycles. The molecule has 0 aliphatic carbocycles. The zero-order valence-electron chi connectivity index (χ0n) is 12.0. The van der Waals surface area contributed by atoms with Gasteiger partial charge < -0.3 is 8.82 Å². The summed E-state index contributed by atoms with van der Waals surface area (Å²) in [5.41, 5.74) is 2.68. The highest BCUT2D eigenvalue weighted by Crippen LogP contribution is 2.27. The van der Waals surface area contributed by atoms with Crippen LogP contribution in [-0.4, -0.2) is 14.4 Å². The third-order valence-corrected chi connectivity index (χ3v) is 4.25. The van der Waals surface area contributed by atoms with Crippen LogP contribution in [0.15, 0.2) is 70.7 Å². The van der Waals surface area contributed by atoms with E-state index in [1.165, 1.54) is 23.9 Å². The fraction of sp³-hybridized carbons (Fsp3) is 0.0588. The van der Waals surface area contributed by atoms with E-state index < -0.39 is 0 Å². The third kappa shape index (κ3) is 2.98. The molecule has 0 N–H and O–H groups in total. The van der Waals surface area contributed by atoms with Crippen molar-refractivity contribution in [1.82, 2.24) is 14.4 Å². The molecule has 0 atom stereocenters. The Kier molecular flexibility index (Phi) is 3.59. The molecule has 23 heavy (non-hydrogen) atoms. The van der Waals surface area contributed by atoms with Crippen LogP contribution >= 0.6 is 11.8 Å². The van der Waals surface area contributed by atoms with E-state index in [1.807, 2.05) is 35.0 Å². The van der Waals surface area contributed by atoms with E-state index in [9.17, 15) is 4.39 Å². The van der Waals surface area contributed by atoms with Gasteiger partial charge in [0.25, 0.3) is 5.22 Å². The van der Waals surface area contributed by atoms with Crippen LogP contribution in [-0.2, 0) is 5.75 Å². The van der Waals surface area contributed by atoms with Crippen LogP contribution in [0.4, 0.5) is 4.39 Å². The summed E-state index contributed by atoms with van der Waals surface area (Å²) in [7, 11) is 0. The average molecular weight is 325 g/mol. The molecule has 4 nitrogen and oxygen atoms in total. The maximum atomic E-state index is 12.9. The lowest BCUT2D eigenvalue weighted by Gasteiger charge is -1.95. The first kappa shape index (κ1) is 14.0. The zero-order valence-corrected chi connectivity index (χ0v) is 12.8. The molecule has 0 saturated carbocycles. The highest BCUT2D eigenvalue weighted by molar-refractivity contribution is 7.98. The fourth-order valence-electron chi connectivity index (χ4n) is 2.26. The van der Waals surface area contributed by atoms with E-state index in [0.29, 0.717) is 16.7 Å². The van der Waals surface area contributed by atoms with Crippen LogP contribution in [0.3, 0.4) is 0 Å². The monoisotopic (exact) mass is 325 g/mol. The summed E-state index contributed by atoms with van der Waals surface area (Å²) in [5, 5.41) is 0.571. The van der Waals surface area contributed by atoms with Gasteiger partial charge in [0.1, 0.15) is 11.5 Å². The molecule has 1 aromatic carbocycles. The Balaban J connectivity index is 1.48. The molecule has 0 unspecified atom stereocenters.